The second-order valence-corrected chi connectivity index (χ2v) is 5.46. The number of hydrogen-bond acceptors (Lipinski definition) is 2. The second-order valence-electron chi connectivity index (χ2n) is 5.46. The Kier molecular flexibility index (Phi) is 4.98. The third-order valence-electron chi connectivity index (χ3n) is 3.91. The van der Waals surface area contributed by atoms with Crippen LogP contribution in [0, 0.1) is 17.3 Å². The SMILES string of the molecule is CCC#C[C@@]1(C)C(=O)CCC[C@H]1OCc1ccccc1. The summed E-state index contributed by atoms with van der Waals surface area (Å²) in [6.07, 6.45) is 3.12. The van der Waals surface area contributed by atoms with Gasteiger partial charge in [0.2, 0.25) is 0 Å². The van der Waals surface area contributed by atoms with Crippen molar-refractivity contribution < 1.29 is 9.53 Å². The molecule has 2 heteroatoms. The summed E-state index contributed by atoms with van der Waals surface area (Å²) >= 11 is 0. The van der Waals surface area contributed by atoms with Gasteiger partial charge in [-0.15, -0.1) is 5.92 Å². The number of hydrogen-bond donors (Lipinski definition) is 0. The molecule has 0 aliphatic heterocycles. The summed E-state index contributed by atoms with van der Waals surface area (Å²) in [5.41, 5.74) is 0.500. The Morgan fingerprint density at radius 1 is 1.35 bits per heavy atom. The molecular formula is C18H22O2. The van der Waals surface area contributed by atoms with Gasteiger partial charge >= 0.3 is 0 Å². The third kappa shape index (κ3) is 3.29. The van der Waals surface area contributed by atoms with Gasteiger partial charge in [0.25, 0.3) is 0 Å². The molecule has 1 aliphatic carbocycles. The highest BCUT2D eigenvalue weighted by atomic mass is 16.5. The zero-order valence-corrected chi connectivity index (χ0v) is 12.3. The highest BCUT2D eigenvalue weighted by Gasteiger charge is 2.43. The van der Waals surface area contributed by atoms with Crippen molar-refractivity contribution in [2.75, 3.05) is 0 Å². The van der Waals surface area contributed by atoms with E-state index in [9.17, 15) is 4.79 Å². The van der Waals surface area contributed by atoms with E-state index in [1.165, 1.54) is 0 Å². The maximum Gasteiger partial charge on any atom is 0.153 e. The van der Waals surface area contributed by atoms with Crippen LogP contribution in [0.25, 0.3) is 0 Å². The fraction of sp³-hybridized carbons (Fsp3) is 0.500. The number of rotatable bonds is 3. The topological polar surface area (TPSA) is 26.3 Å². The summed E-state index contributed by atoms with van der Waals surface area (Å²) in [7, 11) is 0. The van der Waals surface area contributed by atoms with Gasteiger partial charge in [0, 0.05) is 12.8 Å². The first-order chi connectivity index (χ1) is 9.66. The third-order valence-corrected chi connectivity index (χ3v) is 3.91. The van der Waals surface area contributed by atoms with Crippen LogP contribution in [-0.4, -0.2) is 11.9 Å². The van der Waals surface area contributed by atoms with Gasteiger partial charge < -0.3 is 4.74 Å². The van der Waals surface area contributed by atoms with E-state index in [-0.39, 0.29) is 11.9 Å². The molecule has 0 radical (unpaired) electrons. The molecule has 1 aromatic carbocycles. The molecule has 0 bridgehead atoms. The van der Waals surface area contributed by atoms with E-state index < -0.39 is 5.41 Å². The molecule has 0 N–H and O–H groups in total. The molecule has 0 spiro atoms. The molecule has 1 fully saturated rings. The number of benzene rings is 1. The lowest BCUT2D eigenvalue weighted by Gasteiger charge is -2.36. The molecule has 106 valence electrons. The first-order valence-corrected chi connectivity index (χ1v) is 7.35. The van der Waals surface area contributed by atoms with Crippen LogP contribution in [0.2, 0.25) is 0 Å². The van der Waals surface area contributed by atoms with Crippen LogP contribution < -0.4 is 0 Å². The summed E-state index contributed by atoms with van der Waals surface area (Å²) in [4.78, 5) is 12.3. The number of ether oxygens (including phenoxy) is 1. The van der Waals surface area contributed by atoms with Crippen LogP contribution in [0.15, 0.2) is 30.3 Å². The summed E-state index contributed by atoms with van der Waals surface area (Å²) in [5, 5.41) is 0. The van der Waals surface area contributed by atoms with Crippen molar-refractivity contribution in [1.29, 1.82) is 0 Å². The molecule has 1 aromatic rings. The fourth-order valence-corrected chi connectivity index (χ4v) is 2.62. The minimum Gasteiger partial charge on any atom is -0.371 e. The monoisotopic (exact) mass is 270 g/mol. The van der Waals surface area contributed by atoms with E-state index in [2.05, 4.69) is 11.8 Å². The fourth-order valence-electron chi connectivity index (χ4n) is 2.62. The number of Topliss-reactive ketones (excluding diaryl/α,β-unsaturated/α-hetero) is 1. The predicted molar refractivity (Wildman–Crippen MR) is 80.1 cm³/mol. The molecular weight excluding hydrogens is 248 g/mol. The van der Waals surface area contributed by atoms with Crippen molar-refractivity contribution in [3.63, 3.8) is 0 Å². The summed E-state index contributed by atoms with van der Waals surface area (Å²) in [6.45, 7) is 4.48. The number of ketones is 1. The van der Waals surface area contributed by atoms with Gasteiger partial charge in [-0.2, -0.15) is 0 Å². The first-order valence-electron chi connectivity index (χ1n) is 7.35. The summed E-state index contributed by atoms with van der Waals surface area (Å²) in [5.74, 6) is 6.45. The Labute approximate surface area is 121 Å². The predicted octanol–water partition coefficient (Wildman–Crippen LogP) is 3.74. The van der Waals surface area contributed by atoms with Gasteiger partial charge in [0.15, 0.2) is 5.78 Å². The van der Waals surface area contributed by atoms with Gasteiger partial charge in [0.05, 0.1) is 12.7 Å². The largest absolute Gasteiger partial charge is 0.371 e. The molecule has 1 aliphatic rings. The van der Waals surface area contributed by atoms with Gasteiger partial charge in [-0.05, 0) is 25.3 Å². The van der Waals surface area contributed by atoms with Crippen LogP contribution in [0.1, 0.15) is 45.1 Å². The van der Waals surface area contributed by atoms with Gasteiger partial charge in [-0.3, -0.25) is 4.79 Å². The van der Waals surface area contributed by atoms with Gasteiger partial charge in [-0.25, -0.2) is 0 Å². The molecule has 2 nitrogen and oxygen atoms in total. The Balaban J connectivity index is 2.09. The molecule has 0 heterocycles. The smallest absolute Gasteiger partial charge is 0.153 e. The Bertz CT molecular complexity index is 509. The maximum atomic E-state index is 12.3. The van der Waals surface area contributed by atoms with E-state index in [0.717, 1.165) is 24.8 Å². The lowest BCUT2D eigenvalue weighted by molar-refractivity contribution is -0.138. The van der Waals surface area contributed by atoms with Crippen molar-refractivity contribution >= 4 is 5.78 Å². The second kappa shape index (κ2) is 6.72. The summed E-state index contributed by atoms with van der Waals surface area (Å²) in [6, 6.07) is 10.1. The molecule has 0 aromatic heterocycles. The molecule has 0 unspecified atom stereocenters. The Morgan fingerprint density at radius 3 is 2.80 bits per heavy atom. The normalized spacial score (nSPS) is 25.9. The zero-order valence-electron chi connectivity index (χ0n) is 12.3. The average Bonchev–Trinajstić information content (AvgIpc) is 2.48. The Morgan fingerprint density at radius 2 is 2.10 bits per heavy atom. The van der Waals surface area contributed by atoms with E-state index in [1.54, 1.807) is 0 Å². The minimum absolute atomic E-state index is 0.0944. The first kappa shape index (κ1) is 14.8. The van der Waals surface area contributed by atoms with Crippen molar-refractivity contribution in [2.24, 2.45) is 5.41 Å². The lowest BCUT2D eigenvalue weighted by Crippen LogP contribution is -2.43. The summed E-state index contributed by atoms with van der Waals surface area (Å²) < 4.78 is 6.03. The minimum atomic E-state index is -0.636. The zero-order chi connectivity index (χ0) is 14.4. The standard InChI is InChI=1S/C18H22O2/c1-3-4-13-18(2)16(19)11-8-12-17(18)20-14-15-9-6-5-7-10-15/h5-7,9-10,17H,3,8,11-12,14H2,1-2H3/t17-,18+/m1/s1. The van der Waals surface area contributed by atoms with Crippen molar-refractivity contribution in [3.05, 3.63) is 35.9 Å². The molecule has 20 heavy (non-hydrogen) atoms. The molecule has 0 amide bonds. The quantitative estimate of drug-likeness (QED) is 0.782. The van der Waals surface area contributed by atoms with Gasteiger partial charge in [-0.1, -0.05) is 43.2 Å². The van der Waals surface area contributed by atoms with Crippen LogP contribution in [0.4, 0.5) is 0 Å². The van der Waals surface area contributed by atoms with Crippen molar-refractivity contribution in [2.45, 2.75) is 52.2 Å². The van der Waals surface area contributed by atoms with Crippen LogP contribution in [0.3, 0.4) is 0 Å². The van der Waals surface area contributed by atoms with E-state index >= 15 is 0 Å². The van der Waals surface area contributed by atoms with Gasteiger partial charge in [0.1, 0.15) is 5.41 Å². The van der Waals surface area contributed by atoms with Crippen molar-refractivity contribution in [3.8, 4) is 11.8 Å². The molecule has 0 saturated heterocycles. The van der Waals surface area contributed by atoms with E-state index in [0.29, 0.717) is 13.0 Å². The molecule has 2 atom stereocenters. The van der Waals surface area contributed by atoms with E-state index in [4.69, 9.17) is 4.74 Å². The molecule has 2 rings (SSSR count). The number of carbonyl (C=O) groups excluding carboxylic acids is 1. The van der Waals surface area contributed by atoms with E-state index in [1.807, 2.05) is 44.2 Å². The van der Waals surface area contributed by atoms with Crippen LogP contribution >= 0.6 is 0 Å². The highest BCUT2D eigenvalue weighted by Crippen LogP contribution is 2.35. The Hall–Kier alpha value is -1.59. The van der Waals surface area contributed by atoms with Crippen LogP contribution in [-0.2, 0) is 16.1 Å². The number of carbonyl (C=O) groups is 1. The highest BCUT2D eigenvalue weighted by molar-refractivity contribution is 5.89. The van der Waals surface area contributed by atoms with Crippen LogP contribution in [0.5, 0.6) is 0 Å². The lowest BCUT2D eigenvalue weighted by atomic mass is 9.72. The maximum absolute atomic E-state index is 12.3. The average molecular weight is 270 g/mol. The molecule has 1 saturated carbocycles. The van der Waals surface area contributed by atoms with Crippen molar-refractivity contribution in [1.82, 2.24) is 0 Å².